The van der Waals surface area contributed by atoms with Gasteiger partial charge in [0.05, 0.1) is 10.0 Å². The molecular weight excluding hydrogens is 402 g/mol. The van der Waals surface area contributed by atoms with Gasteiger partial charge in [0.2, 0.25) is 0 Å². The van der Waals surface area contributed by atoms with E-state index in [4.69, 9.17) is 27.9 Å². The highest BCUT2D eigenvalue weighted by Crippen LogP contribution is 2.32. The summed E-state index contributed by atoms with van der Waals surface area (Å²) in [6.45, 7) is 6.04. The summed E-state index contributed by atoms with van der Waals surface area (Å²) in [7, 11) is 0. The van der Waals surface area contributed by atoms with E-state index < -0.39 is 0 Å². The average Bonchev–Trinajstić information content (AvgIpc) is 2.65. The van der Waals surface area contributed by atoms with E-state index in [2.05, 4.69) is 11.8 Å². The van der Waals surface area contributed by atoms with Crippen LogP contribution < -0.4 is 4.74 Å². The van der Waals surface area contributed by atoms with Gasteiger partial charge in [-0.05, 0) is 43.7 Å². The predicted molar refractivity (Wildman–Crippen MR) is 109 cm³/mol. The van der Waals surface area contributed by atoms with Crippen LogP contribution in [0.1, 0.15) is 19.4 Å². The van der Waals surface area contributed by atoms with E-state index in [9.17, 15) is 9.18 Å². The van der Waals surface area contributed by atoms with Crippen molar-refractivity contribution in [2.45, 2.75) is 32.5 Å². The summed E-state index contributed by atoms with van der Waals surface area (Å²) in [5, 5.41) is 0.761. The lowest BCUT2D eigenvalue weighted by atomic mass is 10.1. The molecule has 0 spiro atoms. The maximum absolute atomic E-state index is 13.1. The topological polar surface area (TPSA) is 32.8 Å². The molecule has 2 atom stereocenters. The first kappa shape index (κ1) is 20.9. The number of carbonyl (C=O) groups is 1. The fraction of sp³-hybridized carbons (Fsp3) is 0.381. The van der Waals surface area contributed by atoms with Crippen LogP contribution in [-0.2, 0) is 11.3 Å². The Hall–Kier alpha value is -1.82. The Labute approximate surface area is 174 Å². The molecule has 1 saturated heterocycles. The van der Waals surface area contributed by atoms with E-state index >= 15 is 0 Å². The molecular formula is C21H23Cl2FN2O2. The van der Waals surface area contributed by atoms with Crippen LogP contribution in [0.2, 0.25) is 10.0 Å². The highest BCUT2D eigenvalue weighted by atomic mass is 35.5. The van der Waals surface area contributed by atoms with Crippen molar-refractivity contribution in [3.63, 3.8) is 0 Å². The number of benzene rings is 2. The third-order valence-corrected chi connectivity index (χ3v) is 5.59. The monoisotopic (exact) mass is 424 g/mol. The van der Waals surface area contributed by atoms with Crippen LogP contribution in [0.15, 0.2) is 42.5 Å². The number of para-hydroxylation sites is 1. The lowest BCUT2D eigenvalue weighted by molar-refractivity contribution is -0.139. The molecule has 0 bridgehead atoms. The molecule has 2 aromatic rings. The number of nitrogens with zero attached hydrogens (tertiary/aromatic N) is 2. The minimum absolute atomic E-state index is 0.0365. The molecule has 0 aliphatic carbocycles. The maximum atomic E-state index is 13.1. The van der Waals surface area contributed by atoms with Crippen molar-refractivity contribution < 1.29 is 13.9 Å². The van der Waals surface area contributed by atoms with Crippen molar-refractivity contribution in [1.82, 2.24) is 9.80 Å². The highest BCUT2D eigenvalue weighted by Gasteiger charge is 2.32. The second-order valence-corrected chi connectivity index (χ2v) is 7.95. The summed E-state index contributed by atoms with van der Waals surface area (Å²) >= 11 is 12.2. The molecule has 150 valence electrons. The van der Waals surface area contributed by atoms with Crippen LogP contribution in [0.25, 0.3) is 0 Å². The Morgan fingerprint density at radius 3 is 2.36 bits per heavy atom. The quantitative estimate of drug-likeness (QED) is 0.700. The smallest absolute Gasteiger partial charge is 0.260 e. The third-order valence-electron chi connectivity index (χ3n) is 4.99. The van der Waals surface area contributed by atoms with Gasteiger partial charge in [-0.25, -0.2) is 4.39 Å². The zero-order valence-corrected chi connectivity index (χ0v) is 17.4. The fourth-order valence-corrected chi connectivity index (χ4v) is 3.93. The van der Waals surface area contributed by atoms with Gasteiger partial charge in [0.25, 0.3) is 5.91 Å². The Morgan fingerprint density at radius 2 is 1.71 bits per heavy atom. The molecule has 1 aliphatic heterocycles. The van der Waals surface area contributed by atoms with Crippen molar-refractivity contribution in [3.05, 3.63) is 63.9 Å². The van der Waals surface area contributed by atoms with Gasteiger partial charge in [0, 0.05) is 31.7 Å². The van der Waals surface area contributed by atoms with Gasteiger partial charge in [0.1, 0.15) is 5.82 Å². The fourth-order valence-electron chi connectivity index (χ4n) is 3.43. The van der Waals surface area contributed by atoms with Gasteiger partial charge >= 0.3 is 0 Å². The average molecular weight is 425 g/mol. The number of ether oxygens (including phenoxy) is 1. The van der Waals surface area contributed by atoms with Crippen LogP contribution in [0, 0.1) is 5.82 Å². The standard InChI is InChI=1S/C21H23Cl2FN2O2/c1-14-11-26(20(27)13-28-21-18(22)4-3-5-19(21)23)15(2)10-25(14)12-16-6-8-17(24)9-7-16/h3-9,14-15H,10-13H2,1-2H3. The first-order valence-electron chi connectivity index (χ1n) is 9.20. The lowest BCUT2D eigenvalue weighted by Crippen LogP contribution is -2.58. The number of hydrogen-bond acceptors (Lipinski definition) is 3. The molecule has 1 aliphatic rings. The number of carbonyl (C=O) groups excluding carboxylic acids is 1. The van der Waals surface area contributed by atoms with Crippen LogP contribution in [0.4, 0.5) is 4.39 Å². The van der Waals surface area contributed by atoms with E-state index in [1.54, 1.807) is 30.3 Å². The minimum atomic E-state index is -0.237. The molecule has 2 aromatic carbocycles. The number of amides is 1. The second-order valence-electron chi connectivity index (χ2n) is 7.14. The van der Waals surface area contributed by atoms with Gasteiger partial charge in [-0.2, -0.15) is 0 Å². The number of halogens is 3. The Bertz CT molecular complexity index is 811. The number of rotatable bonds is 5. The van der Waals surface area contributed by atoms with Crippen LogP contribution >= 0.6 is 23.2 Å². The van der Waals surface area contributed by atoms with Crippen LogP contribution in [-0.4, -0.2) is 47.5 Å². The lowest BCUT2D eigenvalue weighted by Gasteiger charge is -2.44. The normalized spacial score (nSPS) is 20.2. The van der Waals surface area contributed by atoms with Crippen molar-refractivity contribution in [3.8, 4) is 5.75 Å². The molecule has 7 heteroatoms. The molecule has 4 nitrogen and oxygen atoms in total. The molecule has 1 fully saturated rings. The van der Waals surface area contributed by atoms with E-state index in [1.807, 2.05) is 11.8 Å². The van der Waals surface area contributed by atoms with Gasteiger partial charge in [-0.3, -0.25) is 9.69 Å². The van der Waals surface area contributed by atoms with Crippen molar-refractivity contribution >= 4 is 29.1 Å². The molecule has 1 heterocycles. The Balaban J connectivity index is 1.58. The van der Waals surface area contributed by atoms with Crippen molar-refractivity contribution in [2.75, 3.05) is 19.7 Å². The summed E-state index contributed by atoms with van der Waals surface area (Å²) in [4.78, 5) is 16.8. The largest absolute Gasteiger partial charge is 0.481 e. The van der Waals surface area contributed by atoms with Gasteiger partial charge < -0.3 is 9.64 Å². The second kappa shape index (κ2) is 9.12. The third kappa shape index (κ3) is 4.96. The molecule has 0 aromatic heterocycles. The van der Waals surface area contributed by atoms with E-state index in [0.717, 1.165) is 18.7 Å². The molecule has 28 heavy (non-hydrogen) atoms. The zero-order valence-electron chi connectivity index (χ0n) is 15.9. The highest BCUT2D eigenvalue weighted by molar-refractivity contribution is 6.37. The summed E-state index contributed by atoms with van der Waals surface area (Å²) in [6.07, 6.45) is 0. The number of piperazine rings is 1. The van der Waals surface area contributed by atoms with E-state index in [-0.39, 0.29) is 30.4 Å². The van der Waals surface area contributed by atoms with E-state index in [1.165, 1.54) is 12.1 Å². The minimum Gasteiger partial charge on any atom is -0.481 e. The summed E-state index contributed by atoms with van der Waals surface area (Å²) in [6, 6.07) is 11.8. The first-order valence-corrected chi connectivity index (χ1v) is 9.95. The Morgan fingerprint density at radius 1 is 1.07 bits per heavy atom. The summed E-state index contributed by atoms with van der Waals surface area (Å²) in [5.41, 5.74) is 1.05. The van der Waals surface area contributed by atoms with Gasteiger partial charge in [-0.15, -0.1) is 0 Å². The SMILES string of the molecule is CC1CN(C(=O)COc2c(Cl)cccc2Cl)C(C)CN1Cc1ccc(F)cc1. The molecule has 0 N–H and O–H groups in total. The summed E-state index contributed by atoms with van der Waals surface area (Å²) in [5.74, 6) is -0.00851. The van der Waals surface area contributed by atoms with Gasteiger partial charge in [-0.1, -0.05) is 41.4 Å². The molecule has 2 unspecified atom stereocenters. The predicted octanol–water partition coefficient (Wildman–Crippen LogP) is 4.63. The number of hydrogen-bond donors (Lipinski definition) is 0. The van der Waals surface area contributed by atoms with Crippen LogP contribution in [0.3, 0.4) is 0 Å². The zero-order chi connectivity index (χ0) is 20.3. The van der Waals surface area contributed by atoms with Crippen molar-refractivity contribution in [2.24, 2.45) is 0 Å². The molecule has 1 amide bonds. The molecule has 0 saturated carbocycles. The Kier molecular flexibility index (Phi) is 6.81. The van der Waals surface area contributed by atoms with Crippen LogP contribution in [0.5, 0.6) is 5.75 Å². The first-order chi connectivity index (χ1) is 13.3. The molecule has 0 radical (unpaired) electrons. The summed E-state index contributed by atoms with van der Waals surface area (Å²) < 4.78 is 18.7. The van der Waals surface area contributed by atoms with Crippen molar-refractivity contribution in [1.29, 1.82) is 0 Å². The van der Waals surface area contributed by atoms with Gasteiger partial charge in [0.15, 0.2) is 12.4 Å². The molecule has 3 rings (SSSR count). The maximum Gasteiger partial charge on any atom is 0.260 e. The van der Waals surface area contributed by atoms with E-state index in [0.29, 0.717) is 22.3 Å².